The van der Waals surface area contributed by atoms with Gasteiger partial charge < -0.3 is 15.0 Å². The minimum atomic E-state index is -4.09. The maximum atomic E-state index is 13.9. The van der Waals surface area contributed by atoms with Gasteiger partial charge in [0, 0.05) is 13.1 Å². The molecule has 0 aromatic heterocycles. The fourth-order valence-electron chi connectivity index (χ4n) is 4.18. The van der Waals surface area contributed by atoms with E-state index >= 15 is 0 Å². The summed E-state index contributed by atoms with van der Waals surface area (Å²) in [6, 6.07) is 19.8. The third kappa shape index (κ3) is 6.92. The van der Waals surface area contributed by atoms with E-state index in [4.69, 9.17) is 4.74 Å². The van der Waals surface area contributed by atoms with Gasteiger partial charge in [0.25, 0.3) is 10.0 Å². The normalized spacial score (nSPS) is 11.9. The SMILES string of the molecule is CCNC(=O)[C@@H](C)N(Cc1ccc(OC)cc1)C(=O)CN(c1cc(C)cc(C)c1)S(=O)(=O)c1ccccc1. The Bertz CT molecular complexity index is 1340. The van der Waals surface area contributed by atoms with Crippen molar-refractivity contribution in [3.05, 3.63) is 89.5 Å². The van der Waals surface area contributed by atoms with E-state index in [1.165, 1.54) is 17.0 Å². The van der Waals surface area contributed by atoms with E-state index in [1.807, 2.05) is 32.0 Å². The van der Waals surface area contributed by atoms with Crippen molar-refractivity contribution in [1.29, 1.82) is 0 Å². The van der Waals surface area contributed by atoms with Crippen molar-refractivity contribution in [3.63, 3.8) is 0 Å². The molecular formula is C29H35N3O5S. The fraction of sp³-hybridized carbons (Fsp3) is 0.310. The van der Waals surface area contributed by atoms with Gasteiger partial charge in [0.1, 0.15) is 18.3 Å². The van der Waals surface area contributed by atoms with Crippen molar-refractivity contribution in [1.82, 2.24) is 10.2 Å². The number of sulfonamides is 1. The molecule has 0 saturated carbocycles. The first-order chi connectivity index (χ1) is 18.1. The Morgan fingerprint density at radius 3 is 2.11 bits per heavy atom. The van der Waals surface area contributed by atoms with E-state index in [0.717, 1.165) is 21.0 Å². The Kier molecular flexibility index (Phi) is 9.52. The number of likely N-dealkylation sites (N-methyl/N-ethyl adjacent to an activating group) is 1. The van der Waals surface area contributed by atoms with Gasteiger partial charge in [0.2, 0.25) is 11.8 Å². The highest BCUT2D eigenvalue weighted by Gasteiger charge is 2.32. The highest BCUT2D eigenvalue weighted by molar-refractivity contribution is 7.92. The number of nitrogens with one attached hydrogen (secondary N) is 1. The van der Waals surface area contributed by atoms with Crippen molar-refractivity contribution in [2.75, 3.05) is 24.5 Å². The molecule has 8 nitrogen and oxygen atoms in total. The summed E-state index contributed by atoms with van der Waals surface area (Å²) in [4.78, 5) is 28.1. The summed E-state index contributed by atoms with van der Waals surface area (Å²) in [5.74, 6) is -0.158. The number of aryl methyl sites for hydroxylation is 2. The van der Waals surface area contributed by atoms with Crippen molar-refractivity contribution in [3.8, 4) is 5.75 Å². The smallest absolute Gasteiger partial charge is 0.264 e. The zero-order valence-electron chi connectivity index (χ0n) is 22.5. The Morgan fingerprint density at radius 1 is 0.947 bits per heavy atom. The second kappa shape index (κ2) is 12.6. The average Bonchev–Trinajstić information content (AvgIpc) is 2.90. The quantitative estimate of drug-likeness (QED) is 0.398. The van der Waals surface area contributed by atoms with Gasteiger partial charge in [0.15, 0.2) is 0 Å². The van der Waals surface area contributed by atoms with Crippen LogP contribution in [-0.2, 0) is 26.2 Å². The van der Waals surface area contributed by atoms with Crippen LogP contribution in [0.1, 0.15) is 30.5 Å². The molecule has 0 aliphatic carbocycles. The second-order valence-corrected chi connectivity index (χ2v) is 11.0. The largest absolute Gasteiger partial charge is 0.497 e. The van der Waals surface area contributed by atoms with E-state index in [9.17, 15) is 18.0 Å². The highest BCUT2D eigenvalue weighted by atomic mass is 32.2. The predicted octanol–water partition coefficient (Wildman–Crippen LogP) is 4.06. The zero-order chi connectivity index (χ0) is 27.9. The number of ether oxygens (including phenoxy) is 1. The van der Waals surface area contributed by atoms with E-state index < -0.39 is 28.5 Å². The number of carbonyl (C=O) groups excluding carboxylic acids is 2. The second-order valence-electron chi connectivity index (χ2n) is 9.11. The van der Waals surface area contributed by atoms with Crippen LogP contribution in [0.5, 0.6) is 5.75 Å². The average molecular weight is 538 g/mol. The van der Waals surface area contributed by atoms with E-state index in [0.29, 0.717) is 18.0 Å². The van der Waals surface area contributed by atoms with Crippen LogP contribution >= 0.6 is 0 Å². The Hall–Kier alpha value is -3.85. The molecule has 0 aliphatic heterocycles. The van der Waals surface area contributed by atoms with Crippen LogP contribution < -0.4 is 14.4 Å². The van der Waals surface area contributed by atoms with Gasteiger partial charge in [-0.2, -0.15) is 0 Å². The lowest BCUT2D eigenvalue weighted by molar-refractivity contribution is -0.139. The van der Waals surface area contributed by atoms with Crippen LogP contribution in [0.25, 0.3) is 0 Å². The Morgan fingerprint density at radius 2 is 1.55 bits per heavy atom. The first-order valence-corrected chi connectivity index (χ1v) is 13.9. The highest BCUT2D eigenvalue weighted by Crippen LogP contribution is 2.26. The first kappa shape index (κ1) is 28.7. The van der Waals surface area contributed by atoms with Gasteiger partial charge in [-0.25, -0.2) is 8.42 Å². The molecule has 1 atom stereocenters. The zero-order valence-corrected chi connectivity index (χ0v) is 23.3. The fourth-order valence-corrected chi connectivity index (χ4v) is 5.59. The van der Waals surface area contributed by atoms with Crippen LogP contribution in [0.2, 0.25) is 0 Å². The maximum absolute atomic E-state index is 13.9. The summed E-state index contributed by atoms with van der Waals surface area (Å²) in [5, 5.41) is 2.76. The molecule has 0 spiro atoms. The van der Waals surface area contributed by atoms with Crippen LogP contribution in [0.15, 0.2) is 77.7 Å². The van der Waals surface area contributed by atoms with Crippen molar-refractivity contribution >= 4 is 27.5 Å². The summed E-state index contributed by atoms with van der Waals surface area (Å²) < 4.78 is 34.0. The number of amides is 2. The number of hydrogen-bond donors (Lipinski definition) is 1. The molecule has 2 amide bonds. The topological polar surface area (TPSA) is 96.0 Å². The Labute approximate surface area is 225 Å². The molecule has 0 radical (unpaired) electrons. The molecule has 0 heterocycles. The maximum Gasteiger partial charge on any atom is 0.264 e. The third-order valence-corrected chi connectivity index (χ3v) is 7.92. The number of anilines is 1. The molecule has 9 heteroatoms. The number of carbonyl (C=O) groups is 2. The van der Waals surface area contributed by atoms with Gasteiger partial charge in [-0.1, -0.05) is 36.4 Å². The third-order valence-electron chi connectivity index (χ3n) is 6.13. The molecule has 3 aromatic carbocycles. The van der Waals surface area contributed by atoms with Crippen LogP contribution in [0.3, 0.4) is 0 Å². The standard InChI is InChI=1S/C29H35N3O5S/c1-6-30-29(34)23(4)31(19-24-12-14-26(37-5)15-13-24)28(33)20-32(25-17-21(2)16-22(3)18-25)38(35,36)27-10-8-7-9-11-27/h7-18,23H,6,19-20H2,1-5H3,(H,30,34)/t23-/m1/s1. The lowest BCUT2D eigenvalue weighted by atomic mass is 10.1. The number of hydrogen-bond acceptors (Lipinski definition) is 5. The minimum Gasteiger partial charge on any atom is -0.497 e. The molecule has 0 fully saturated rings. The Balaban J connectivity index is 2.04. The number of rotatable bonds is 11. The van der Waals surface area contributed by atoms with Crippen molar-refractivity contribution in [2.45, 2.75) is 45.2 Å². The molecule has 3 rings (SSSR count). The number of nitrogens with zero attached hydrogens (tertiary/aromatic N) is 2. The summed E-state index contributed by atoms with van der Waals surface area (Å²) in [7, 11) is -2.52. The van der Waals surface area contributed by atoms with E-state index in [2.05, 4.69) is 5.32 Å². The summed E-state index contributed by atoms with van der Waals surface area (Å²) >= 11 is 0. The van der Waals surface area contributed by atoms with Crippen LogP contribution in [0, 0.1) is 13.8 Å². The molecule has 0 saturated heterocycles. The molecule has 1 N–H and O–H groups in total. The number of methoxy groups -OCH3 is 1. The molecule has 38 heavy (non-hydrogen) atoms. The lowest BCUT2D eigenvalue weighted by Crippen LogP contribution is -2.51. The summed E-state index contributed by atoms with van der Waals surface area (Å²) in [5.41, 5.74) is 2.90. The lowest BCUT2D eigenvalue weighted by Gasteiger charge is -2.32. The van der Waals surface area contributed by atoms with E-state index in [1.54, 1.807) is 63.4 Å². The summed E-state index contributed by atoms with van der Waals surface area (Å²) in [6.45, 7) is 7.24. The van der Waals surface area contributed by atoms with E-state index in [-0.39, 0.29) is 17.3 Å². The summed E-state index contributed by atoms with van der Waals surface area (Å²) in [6.07, 6.45) is 0. The molecule has 0 aliphatic rings. The van der Waals surface area contributed by atoms with Gasteiger partial charge in [-0.15, -0.1) is 0 Å². The first-order valence-electron chi connectivity index (χ1n) is 12.4. The van der Waals surface area contributed by atoms with Crippen LogP contribution in [-0.4, -0.2) is 51.4 Å². The van der Waals surface area contributed by atoms with Gasteiger partial charge >= 0.3 is 0 Å². The van der Waals surface area contributed by atoms with Gasteiger partial charge in [-0.3, -0.25) is 13.9 Å². The van der Waals surface area contributed by atoms with Crippen molar-refractivity contribution in [2.24, 2.45) is 0 Å². The van der Waals surface area contributed by atoms with Crippen LogP contribution in [0.4, 0.5) is 5.69 Å². The van der Waals surface area contributed by atoms with Crippen molar-refractivity contribution < 1.29 is 22.7 Å². The monoisotopic (exact) mass is 537 g/mol. The minimum absolute atomic E-state index is 0.0745. The van der Waals surface area contributed by atoms with Gasteiger partial charge in [-0.05, 0) is 80.8 Å². The molecule has 0 unspecified atom stereocenters. The predicted molar refractivity (Wildman–Crippen MR) is 149 cm³/mol. The number of benzene rings is 3. The molecule has 0 bridgehead atoms. The van der Waals surface area contributed by atoms with Gasteiger partial charge in [0.05, 0.1) is 17.7 Å². The molecule has 202 valence electrons. The molecule has 3 aromatic rings. The molecular weight excluding hydrogens is 502 g/mol.